The minimum absolute atomic E-state index is 0.389. The van der Waals surface area contributed by atoms with Crippen molar-refractivity contribution in [3.63, 3.8) is 0 Å². The van der Waals surface area contributed by atoms with Gasteiger partial charge in [-0.15, -0.1) is 0 Å². The summed E-state index contributed by atoms with van der Waals surface area (Å²) in [5.41, 5.74) is 0. The second kappa shape index (κ2) is 6.17. The Labute approximate surface area is 106 Å². The molecule has 3 atom stereocenters. The Morgan fingerprint density at radius 2 is 1.76 bits per heavy atom. The van der Waals surface area contributed by atoms with Gasteiger partial charge in [0.1, 0.15) is 0 Å². The molecule has 0 amide bonds. The lowest BCUT2D eigenvalue weighted by Crippen LogP contribution is -2.51. The Bertz CT molecular complexity index is 218. The molecule has 0 aromatic rings. The van der Waals surface area contributed by atoms with E-state index in [1.165, 1.54) is 32.2 Å². The van der Waals surface area contributed by atoms with Crippen LogP contribution in [-0.2, 0) is 4.74 Å². The predicted molar refractivity (Wildman–Crippen MR) is 71.3 cm³/mol. The number of hydrogen-bond donors (Lipinski definition) is 1. The summed E-state index contributed by atoms with van der Waals surface area (Å²) in [6, 6.07) is 0.676. The summed E-state index contributed by atoms with van der Waals surface area (Å²) in [7, 11) is 2.12. The van der Waals surface area contributed by atoms with Crippen LogP contribution in [0.25, 0.3) is 0 Å². The average Bonchev–Trinajstić information content (AvgIpc) is 2.77. The van der Waals surface area contributed by atoms with Gasteiger partial charge in [0.2, 0.25) is 0 Å². The van der Waals surface area contributed by atoms with Crippen molar-refractivity contribution in [2.75, 3.05) is 26.7 Å². The van der Waals surface area contributed by atoms with Crippen molar-refractivity contribution in [3.05, 3.63) is 0 Å². The summed E-state index contributed by atoms with van der Waals surface area (Å²) in [5, 5.41) is 3.54. The first kappa shape index (κ1) is 13.3. The number of ether oxygens (including phenoxy) is 1. The summed E-state index contributed by atoms with van der Waals surface area (Å²) in [6.07, 6.45) is 6.47. The van der Waals surface area contributed by atoms with Gasteiger partial charge in [0.15, 0.2) is 0 Å². The molecule has 100 valence electrons. The Kier molecular flexibility index (Phi) is 4.83. The van der Waals surface area contributed by atoms with Gasteiger partial charge < -0.3 is 10.1 Å². The highest BCUT2D eigenvalue weighted by molar-refractivity contribution is 4.84. The summed E-state index contributed by atoms with van der Waals surface area (Å²) >= 11 is 0. The number of nitrogens with one attached hydrogen (secondary N) is 1. The maximum Gasteiger partial charge on any atom is 0.0678 e. The summed E-state index contributed by atoms with van der Waals surface area (Å²) in [4.78, 5) is 2.58. The van der Waals surface area contributed by atoms with E-state index in [1.54, 1.807) is 0 Å². The minimum Gasteiger partial charge on any atom is -0.373 e. The zero-order valence-electron chi connectivity index (χ0n) is 11.6. The molecule has 2 rings (SSSR count). The van der Waals surface area contributed by atoms with Crippen molar-refractivity contribution >= 4 is 0 Å². The molecule has 0 aromatic heterocycles. The van der Waals surface area contributed by atoms with Gasteiger partial charge in [-0.1, -0.05) is 12.8 Å². The predicted octanol–water partition coefficient (Wildman–Crippen LogP) is 1.87. The van der Waals surface area contributed by atoms with E-state index in [2.05, 4.69) is 31.1 Å². The van der Waals surface area contributed by atoms with Crippen molar-refractivity contribution in [3.8, 4) is 0 Å². The Morgan fingerprint density at radius 1 is 1.18 bits per heavy atom. The van der Waals surface area contributed by atoms with Crippen LogP contribution in [0.15, 0.2) is 0 Å². The zero-order valence-corrected chi connectivity index (χ0v) is 11.6. The molecule has 0 aromatic carbocycles. The molecular formula is C14H28N2O. The monoisotopic (exact) mass is 240 g/mol. The Morgan fingerprint density at radius 3 is 2.29 bits per heavy atom. The van der Waals surface area contributed by atoms with Gasteiger partial charge in [-0.3, -0.25) is 4.90 Å². The highest BCUT2D eigenvalue weighted by Gasteiger charge is 2.28. The zero-order chi connectivity index (χ0) is 12.3. The molecule has 1 saturated heterocycles. The number of rotatable bonds is 4. The summed E-state index contributed by atoms with van der Waals surface area (Å²) in [5.74, 6) is 0.897. The van der Waals surface area contributed by atoms with E-state index in [-0.39, 0.29) is 0 Å². The van der Waals surface area contributed by atoms with Crippen molar-refractivity contribution in [2.24, 2.45) is 5.92 Å². The van der Waals surface area contributed by atoms with Crippen LogP contribution in [0.1, 0.15) is 39.5 Å². The second-order valence-electron chi connectivity index (χ2n) is 5.92. The van der Waals surface area contributed by atoms with Crippen molar-refractivity contribution in [2.45, 2.75) is 57.8 Å². The molecule has 2 fully saturated rings. The van der Waals surface area contributed by atoms with Crippen LogP contribution >= 0.6 is 0 Å². The molecule has 1 saturated carbocycles. The molecule has 0 spiro atoms. The van der Waals surface area contributed by atoms with E-state index in [0.717, 1.165) is 19.0 Å². The van der Waals surface area contributed by atoms with Gasteiger partial charge in [0.25, 0.3) is 0 Å². The molecule has 0 radical (unpaired) electrons. The van der Waals surface area contributed by atoms with Crippen molar-refractivity contribution < 1.29 is 4.74 Å². The quantitative estimate of drug-likeness (QED) is 0.812. The van der Waals surface area contributed by atoms with E-state index >= 15 is 0 Å². The van der Waals surface area contributed by atoms with Gasteiger partial charge in [-0.2, -0.15) is 0 Å². The third-order valence-corrected chi connectivity index (χ3v) is 4.29. The fraction of sp³-hybridized carbons (Fsp3) is 1.00. The van der Waals surface area contributed by atoms with Gasteiger partial charge in [-0.25, -0.2) is 0 Å². The van der Waals surface area contributed by atoms with Gasteiger partial charge in [0.05, 0.1) is 12.2 Å². The molecule has 1 aliphatic carbocycles. The number of nitrogens with zero attached hydrogens (tertiary/aromatic N) is 1. The third-order valence-electron chi connectivity index (χ3n) is 4.29. The smallest absolute Gasteiger partial charge is 0.0678 e. The van der Waals surface area contributed by atoms with Crippen molar-refractivity contribution in [1.29, 1.82) is 0 Å². The highest BCUT2D eigenvalue weighted by Crippen LogP contribution is 2.28. The average molecular weight is 240 g/mol. The van der Waals surface area contributed by atoms with E-state index in [9.17, 15) is 0 Å². The van der Waals surface area contributed by atoms with E-state index in [1.807, 2.05) is 0 Å². The highest BCUT2D eigenvalue weighted by atomic mass is 16.5. The maximum atomic E-state index is 5.79. The van der Waals surface area contributed by atoms with Crippen LogP contribution in [-0.4, -0.2) is 49.8 Å². The van der Waals surface area contributed by atoms with Gasteiger partial charge >= 0.3 is 0 Å². The van der Waals surface area contributed by atoms with Crippen molar-refractivity contribution in [1.82, 2.24) is 10.2 Å². The van der Waals surface area contributed by atoms with E-state index in [0.29, 0.717) is 18.2 Å². The van der Waals surface area contributed by atoms with E-state index in [4.69, 9.17) is 4.74 Å². The molecule has 1 unspecified atom stereocenters. The molecular weight excluding hydrogens is 212 g/mol. The molecule has 0 bridgehead atoms. The summed E-state index contributed by atoms with van der Waals surface area (Å²) in [6.45, 7) is 7.75. The Balaban J connectivity index is 1.84. The third kappa shape index (κ3) is 3.67. The lowest BCUT2D eigenvalue weighted by atomic mass is 9.97. The molecule has 3 heteroatoms. The first-order valence-electron chi connectivity index (χ1n) is 7.24. The van der Waals surface area contributed by atoms with Crippen LogP contribution in [0.2, 0.25) is 0 Å². The standard InChI is InChI=1S/C14H28N2O/c1-11-8-16(9-12(2)17-11)10-14(15-3)13-6-4-5-7-13/h11-15H,4-10H2,1-3H3/t11-,12+,14?. The second-order valence-corrected chi connectivity index (χ2v) is 5.92. The van der Waals surface area contributed by atoms with Gasteiger partial charge in [-0.05, 0) is 39.7 Å². The number of likely N-dealkylation sites (N-methyl/N-ethyl adjacent to an activating group) is 1. The normalized spacial score (nSPS) is 34.1. The molecule has 2 aliphatic rings. The van der Waals surface area contributed by atoms with Gasteiger partial charge in [0, 0.05) is 25.7 Å². The molecule has 1 heterocycles. The maximum absolute atomic E-state index is 5.79. The Hall–Kier alpha value is -0.120. The fourth-order valence-corrected chi connectivity index (χ4v) is 3.55. The summed E-state index contributed by atoms with van der Waals surface area (Å²) < 4.78 is 5.79. The lowest BCUT2D eigenvalue weighted by Gasteiger charge is -2.38. The van der Waals surface area contributed by atoms with Crippen LogP contribution in [0.4, 0.5) is 0 Å². The molecule has 1 N–H and O–H groups in total. The first-order chi connectivity index (χ1) is 8.19. The van der Waals surface area contributed by atoms with Crippen LogP contribution in [0.3, 0.4) is 0 Å². The lowest BCUT2D eigenvalue weighted by molar-refractivity contribution is -0.0709. The largest absolute Gasteiger partial charge is 0.373 e. The molecule has 1 aliphatic heterocycles. The number of morpholine rings is 1. The molecule has 3 nitrogen and oxygen atoms in total. The first-order valence-corrected chi connectivity index (χ1v) is 7.24. The number of hydrogen-bond acceptors (Lipinski definition) is 3. The minimum atomic E-state index is 0.389. The SMILES string of the molecule is CNC(CN1C[C@@H](C)O[C@@H](C)C1)C1CCCC1. The van der Waals surface area contributed by atoms with Crippen LogP contribution in [0, 0.1) is 5.92 Å². The topological polar surface area (TPSA) is 24.5 Å². The van der Waals surface area contributed by atoms with Crippen LogP contribution < -0.4 is 5.32 Å². The van der Waals surface area contributed by atoms with Crippen LogP contribution in [0.5, 0.6) is 0 Å². The fourth-order valence-electron chi connectivity index (χ4n) is 3.55. The molecule has 17 heavy (non-hydrogen) atoms. The van der Waals surface area contributed by atoms with E-state index < -0.39 is 0 Å².